The average Bonchev–Trinajstić information content (AvgIpc) is 3.14. The predicted molar refractivity (Wildman–Crippen MR) is 143 cm³/mol. The number of amides is 1. The molecule has 1 aliphatic heterocycles. The molecule has 0 aliphatic carbocycles. The van der Waals surface area contributed by atoms with Gasteiger partial charge in [-0.3, -0.25) is 9.59 Å². The monoisotopic (exact) mass is 510 g/mol. The Hall–Kier alpha value is -3.52. The number of aliphatic hydroxyl groups excluding tert-OH is 1. The van der Waals surface area contributed by atoms with Gasteiger partial charge in [0.05, 0.1) is 31.9 Å². The molecule has 1 saturated heterocycles. The van der Waals surface area contributed by atoms with Gasteiger partial charge < -0.3 is 29.1 Å². The summed E-state index contributed by atoms with van der Waals surface area (Å²) in [5.74, 6) is -0.0463. The van der Waals surface area contributed by atoms with Crippen LogP contribution in [-0.4, -0.2) is 73.1 Å². The van der Waals surface area contributed by atoms with Crippen molar-refractivity contribution in [3.05, 3.63) is 58.7 Å². The molecule has 0 aromatic heterocycles. The van der Waals surface area contributed by atoms with Gasteiger partial charge in [-0.05, 0) is 63.7 Å². The minimum Gasteiger partial charge on any atom is -0.507 e. The fourth-order valence-electron chi connectivity index (χ4n) is 4.69. The number of Topliss-reactive ketones (excluding diaryl/α,β-unsaturated/α-hetero) is 1. The molecule has 0 saturated carbocycles. The normalized spacial score (nSPS) is 17.1. The zero-order valence-corrected chi connectivity index (χ0v) is 22.8. The second kappa shape index (κ2) is 12.1. The summed E-state index contributed by atoms with van der Waals surface area (Å²) in [7, 11) is 3.04. The molecule has 1 aliphatic rings. The lowest BCUT2D eigenvalue weighted by Crippen LogP contribution is -2.38. The minimum atomic E-state index is -0.840. The van der Waals surface area contributed by atoms with Crippen LogP contribution in [0.1, 0.15) is 50.4 Å². The molecule has 1 heterocycles. The number of para-hydroxylation sites is 1. The highest BCUT2D eigenvalue weighted by molar-refractivity contribution is 6.46. The van der Waals surface area contributed by atoms with Crippen LogP contribution in [0.4, 0.5) is 0 Å². The summed E-state index contributed by atoms with van der Waals surface area (Å²) in [6.07, 6.45) is -0.00481. The molecular formula is C29H38N2O6. The molecule has 8 heteroatoms. The fourth-order valence-corrected chi connectivity index (χ4v) is 4.69. The number of carbonyl (C=O) groups excluding carboxylic acids is 2. The fraction of sp³-hybridized carbons (Fsp3) is 0.448. The molecular weight excluding hydrogens is 472 g/mol. The minimum absolute atomic E-state index is 0.00481. The van der Waals surface area contributed by atoms with Crippen LogP contribution >= 0.6 is 0 Å². The van der Waals surface area contributed by atoms with Gasteiger partial charge >= 0.3 is 0 Å². The second-order valence-electron chi connectivity index (χ2n) is 9.25. The molecule has 3 rings (SSSR count). The van der Waals surface area contributed by atoms with Gasteiger partial charge in [0.25, 0.3) is 11.7 Å². The topological polar surface area (TPSA) is 88.5 Å². The predicted octanol–water partition coefficient (Wildman–Crippen LogP) is 4.56. The lowest BCUT2D eigenvalue weighted by Gasteiger charge is -2.29. The number of methoxy groups -OCH3 is 2. The van der Waals surface area contributed by atoms with Gasteiger partial charge in [0.15, 0.2) is 11.5 Å². The molecule has 1 amide bonds. The molecule has 200 valence electrons. The molecule has 0 unspecified atom stereocenters. The van der Waals surface area contributed by atoms with Crippen molar-refractivity contribution in [2.45, 2.75) is 46.8 Å². The van der Waals surface area contributed by atoms with Crippen LogP contribution in [0.25, 0.3) is 5.76 Å². The maximum atomic E-state index is 13.4. The molecule has 0 bridgehead atoms. The molecule has 2 aromatic rings. The van der Waals surface area contributed by atoms with Crippen LogP contribution in [-0.2, 0) is 9.59 Å². The summed E-state index contributed by atoms with van der Waals surface area (Å²) in [6.45, 7) is 12.4. The number of likely N-dealkylation sites (tertiary alicyclic amines) is 1. The summed E-state index contributed by atoms with van der Waals surface area (Å²) in [6, 6.07) is 9.71. The molecule has 8 nitrogen and oxygen atoms in total. The molecule has 1 N–H and O–H groups in total. The Bertz CT molecular complexity index is 1170. The van der Waals surface area contributed by atoms with Gasteiger partial charge in [-0.25, -0.2) is 0 Å². The molecule has 2 aromatic carbocycles. The van der Waals surface area contributed by atoms with Gasteiger partial charge in [-0.15, -0.1) is 0 Å². The van der Waals surface area contributed by atoms with E-state index >= 15 is 0 Å². The largest absolute Gasteiger partial charge is 0.507 e. The number of aliphatic hydroxyl groups is 1. The van der Waals surface area contributed by atoms with Crippen molar-refractivity contribution in [3.8, 4) is 17.2 Å². The van der Waals surface area contributed by atoms with E-state index in [0.717, 1.165) is 18.7 Å². The van der Waals surface area contributed by atoms with Crippen LogP contribution in [0.3, 0.4) is 0 Å². The Balaban J connectivity index is 2.19. The first-order valence-corrected chi connectivity index (χ1v) is 12.7. The molecule has 37 heavy (non-hydrogen) atoms. The zero-order chi connectivity index (χ0) is 27.3. The number of carbonyl (C=O) groups is 2. The average molecular weight is 511 g/mol. The van der Waals surface area contributed by atoms with E-state index in [2.05, 4.69) is 18.7 Å². The van der Waals surface area contributed by atoms with Crippen molar-refractivity contribution in [2.24, 2.45) is 0 Å². The van der Waals surface area contributed by atoms with Gasteiger partial charge in [0.2, 0.25) is 0 Å². The van der Waals surface area contributed by atoms with Crippen LogP contribution in [0.15, 0.2) is 42.0 Å². The third-order valence-corrected chi connectivity index (χ3v) is 6.63. The Morgan fingerprint density at radius 1 is 1.05 bits per heavy atom. The van der Waals surface area contributed by atoms with Crippen molar-refractivity contribution >= 4 is 17.4 Å². The quantitative estimate of drug-likeness (QED) is 0.269. The van der Waals surface area contributed by atoms with E-state index in [0.29, 0.717) is 41.5 Å². The number of benzene rings is 2. The van der Waals surface area contributed by atoms with E-state index in [1.807, 2.05) is 20.8 Å². The number of hydrogen-bond acceptors (Lipinski definition) is 7. The van der Waals surface area contributed by atoms with Gasteiger partial charge in [0, 0.05) is 24.2 Å². The molecule has 0 spiro atoms. The number of nitrogens with zero attached hydrogens (tertiary/aromatic N) is 2. The Morgan fingerprint density at radius 2 is 1.76 bits per heavy atom. The third kappa shape index (κ3) is 5.74. The summed E-state index contributed by atoms with van der Waals surface area (Å²) in [5.41, 5.74) is 1.83. The van der Waals surface area contributed by atoms with Gasteiger partial charge in [0.1, 0.15) is 11.5 Å². The van der Waals surface area contributed by atoms with Gasteiger partial charge in [-0.1, -0.05) is 26.0 Å². The van der Waals surface area contributed by atoms with E-state index in [1.54, 1.807) is 36.4 Å². The maximum Gasteiger partial charge on any atom is 0.295 e. The van der Waals surface area contributed by atoms with Crippen molar-refractivity contribution in [3.63, 3.8) is 0 Å². The Labute approximate surface area is 219 Å². The molecule has 1 fully saturated rings. The lowest BCUT2D eigenvalue weighted by atomic mass is 9.94. The smallest absolute Gasteiger partial charge is 0.295 e. The summed E-state index contributed by atoms with van der Waals surface area (Å²) in [4.78, 5) is 30.5. The van der Waals surface area contributed by atoms with E-state index in [-0.39, 0.29) is 17.4 Å². The summed E-state index contributed by atoms with van der Waals surface area (Å²) < 4.78 is 17.0. The maximum absolute atomic E-state index is 13.4. The van der Waals surface area contributed by atoms with Crippen LogP contribution in [0, 0.1) is 6.92 Å². The highest BCUT2D eigenvalue weighted by Crippen LogP contribution is 2.45. The van der Waals surface area contributed by atoms with Crippen molar-refractivity contribution < 1.29 is 28.9 Å². The van der Waals surface area contributed by atoms with E-state index in [9.17, 15) is 14.7 Å². The van der Waals surface area contributed by atoms with Crippen LogP contribution in [0.5, 0.6) is 17.2 Å². The Kier molecular flexibility index (Phi) is 9.21. The molecule has 1 atom stereocenters. The van der Waals surface area contributed by atoms with Crippen LogP contribution < -0.4 is 14.2 Å². The summed E-state index contributed by atoms with van der Waals surface area (Å²) in [5, 5.41) is 11.5. The number of rotatable bonds is 11. The van der Waals surface area contributed by atoms with Crippen molar-refractivity contribution in [2.75, 3.05) is 40.4 Å². The zero-order valence-electron chi connectivity index (χ0n) is 22.8. The van der Waals surface area contributed by atoms with Crippen molar-refractivity contribution in [1.29, 1.82) is 0 Å². The van der Waals surface area contributed by atoms with Crippen molar-refractivity contribution in [1.82, 2.24) is 9.80 Å². The number of ether oxygens (including phenoxy) is 3. The first kappa shape index (κ1) is 28.1. The standard InChI is InChI=1S/C29H38N2O6/c1-8-30(9-2)15-16-31-25(21-11-10-12-23(35-6)28(21)36-7)24(27(33)29(31)34)26(32)20-13-14-22(19(5)17-20)37-18(3)4/h10-14,17-18,25,32H,8-9,15-16H2,1-7H3/t25-/m1/s1. The Morgan fingerprint density at radius 3 is 2.32 bits per heavy atom. The third-order valence-electron chi connectivity index (χ3n) is 6.63. The van der Waals surface area contributed by atoms with E-state index in [1.165, 1.54) is 19.1 Å². The first-order chi connectivity index (χ1) is 17.7. The highest BCUT2D eigenvalue weighted by Gasteiger charge is 2.47. The van der Waals surface area contributed by atoms with Crippen LogP contribution in [0.2, 0.25) is 0 Å². The summed E-state index contributed by atoms with van der Waals surface area (Å²) >= 11 is 0. The number of likely N-dealkylation sites (N-methyl/N-ethyl adjacent to an activating group) is 1. The van der Waals surface area contributed by atoms with E-state index in [4.69, 9.17) is 14.2 Å². The number of aryl methyl sites for hydroxylation is 1. The SMILES string of the molecule is CCN(CC)CCN1C(=O)C(=O)C(=C(O)c2ccc(OC(C)C)c(C)c2)[C@H]1c1cccc(OC)c1OC. The first-order valence-electron chi connectivity index (χ1n) is 12.7. The highest BCUT2D eigenvalue weighted by atomic mass is 16.5. The number of hydrogen-bond donors (Lipinski definition) is 1. The second-order valence-corrected chi connectivity index (χ2v) is 9.25. The van der Waals surface area contributed by atoms with E-state index < -0.39 is 17.7 Å². The van der Waals surface area contributed by atoms with Gasteiger partial charge in [-0.2, -0.15) is 0 Å². The lowest BCUT2D eigenvalue weighted by molar-refractivity contribution is -0.140. The number of ketones is 1. The molecule has 0 radical (unpaired) electrons.